The van der Waals surface area contributed by atoms with Gasteiger partial charge in [0.05, 0.1) is 6.61 Å². The van der Waals surface area contributed by atoms with Crippen LogP contribution in [0.3, 0.4) is 0 Å². The first-order valence-electron chi connectivity index (χ1n) is 9.77. The molecule has 0 saturated heterocycles. The Hall–Kier alpha value is -2.81. The number of carbonyl (C=O) groups is 1. The Balaban J connectivity index is 1.87. The summed E-state index contributed by atoms with van der Waals surface area (Å²) < 4.78 is 5.58. The Bertz CT molecular complexity index is 962. The van der Waals surface area contributed by atoms with Crippen LogP contribution in [0.2, 0.25) is 0 Å². The van der Waals surface area contributed by atoms with Crippen molar-refractivity contribution in [2.24, 2.45) is 0 Å². The average Bonchev–Trinajstić information content (AvgIpc) is 2.70. The molecule has 0 N–H and O–H groups in total. The van der Waals surface area contributed by atoms with Gasteiger partial charge in [-0.2, -0.15) is 0 Å². The van der Waals surface area contributed by atoms with E-state index in [1.54, 1.807) is 0 Å². The lowest BCUT2D eigenvalue weighted by molar-refractivity contribution is -0.119. The Labute approximate surface area is 160 Å². The summed E-state index contributed by atoms with van der Waals surface area (Å²) in [6.07, 6.45) is 1.46. The van der Waals surface area contributed by atoms with Gasteiger partial charge in [-0.25, -0.2) is 0 Å². The highest BCUT2D eigenvalue weighted by Crippen LogP contribution is 2.44. The van der Waals surface area contributed by atoms with E-state index in [0.717, 1.165) is 24.4 Å². The van der Waals surface area contributed by atoms with Crippen LogP contribution >= 0.6 is 0 Å². The standard InChI is InChI=1S/C24H25NO2/c1-3-15-25-22-14-11-17-7-5-6-8-20(17)24(22)21(16-23(25)26)18-9-12-19(13-10-18)27-4-2/h5-14,21H,3-4,15-16H2,1-2H3. The van der Waals surface area contributed by atoms with Crippen LogP contribution in [0.25, 0.3) is 10.8 Å². The molecular formula is C24H25NO2. The van der Waals surface area contributed by atoms with Gasteiger partial charge in [0.2, 0.25) is 5.91 Å². The third-order valence-electron chi connectivity index (χ3n) is 5.31. The number of amides is 1. The molecule has 0 radical (unpaired) electrons. The lowest BCUT2D eigenvalue weighted by Crippen LogP contribution is -2.37. The van der Waals surface area contributed by atoms with Gasteiger partial charge in [0.25, 0.3) is 0 Å². The fourth-order valence-corrected chi connectivity index (χ4v) is 4.12. The van der Waals surface area contributed by atoms with Crippen LogP contribution in [0.4, 0.5) is 5.69 Å². The molecule has 0 aromatic heterocycles. The second kappa shape index (κ2) is 7.43. The van der Waals surface area contributed by atoms with Gasteiger partial charge in [0.15, 0.2) is 0 Å². The molecule has 0 aliphatic carbocycles. The molecule has 1 amide bonds. The number of hydrogen-bond donors (Lipinski definition) is 0. The predicted molar refractivity (Wildman–Crippen MR) is 111 cm³/mol. The monoisotopic (exact) mass is 359 g/mol. The maximum absolute atomic E-state index is 12.9. The van der Waals surface area contributed by atoms with Crippen molar-refractivity contribution in [2.45, 2.75) is 32.6 Å². The summed E-state index contributed by atoms with van der Waals surface area (Å²) in [6.45, 7) is 5.52. The summed E-state index contributed by atoms with van der Waals surface area (Å²) in [5, 5.41) is 2.46. The molecule has 3 aromatic rings. The smallest absolute Gasteiger partial charge is 0.227 e. The highest BCUT2D eigenvalue weighted by atomic mass is 16.5. The summed E-state index contributed by atoms with van der Waals surface area (Å²) >= 11 is 0. The van der Waals surface area contributed by atoms with Crippen LogP contribution in [0.1, 0.15) is 43.7 Å². The van der Waals surface area contributed by atoms with E-state index < -0.39 is 0 Å². The number of ether oxygens (including phenoxy) is 1. The Morgan fingerprint density at radius 2 is 1.78 bits per heavy atom. The van der Waals surface area contributed by atoms with Crippen molar-refractivity contribution in [2.75, 3.05) is 18.1 Å². The van der Waals surface area contributed by atoms with E-state index in [1.165, 1.54) is 21.9 Å². The molecule has 0 spiro atoms. The Morgan fingerprint density at radius 3 is 2.52 bits per heavy atom. The molecule has 27 heavy (non-hydrogen) atoms. The minimum Gasteiger partial charge on any atom is -0.494 e. The van der Waals surface area contributed by atoms with Crippen molar-refractivity contribution in [1.29, 1.82) is 0 Å². The van der Waals surface area contributed by atoms with Crippen LogP contribution in [0, 0.1) is 0 Å². The molecule has 1 unspecified atom stereocenters. The Kier molecular flexibility index (Phi) is 4.85. The third-order valence-corrected chi connectivity index (χ3v) is 5.31. The number of hydrogen-bond acceptors (Lipinski definition) is 2. The van der Waals surface area contributed by atoms with E-state index in [2.05, 4.69) is 55.5 Å². The second-order valence-corrected chi connectivity index (χ2v) is 7.02. The van der Waals surface area contributed by atoms with Gasteiger partial charge >= 0.3 is 0 Å². The van der Waals surface area contributed by atoms with Crippen molar-refractivity contribution >= 4 is 22.4 Å². The summed E-state index contributed by atoms with van der Waals surface area (Å²) in [4.78, 5) is 14.9. The average molecular weight is 359 g/mol. The van der Waals surface area contributed by atoms with E-state index in [0.29, 0.717) is 13.0 Å². The number of anilines is 1. The first-order chi connectivity index (χ1) is 13.2. The predicted octanol–water partition coefficient (Wildman–Crippen LogP) is 5.52. The van der Waals surface area contributed by atoms with Crippen molar-refractivity contribution in [3.05, 3.63) is 71.8 Å². The highest BCUT2D eigenvalue weighted by molar-refractivity contribution is 6.03. The molecule has 4 rings (SSSR count). The fraction of sp³-hybridized carbons (Fsp3) is 0.292. The number of carbonyl (C=O) groups excluding carboxylic acids is 1. The van der Waals surface area contributed by atoms with Gasteiger partial charge in [-0.05, 0) is 53.4 Å². The van der Waals surface area contributed by atoms with Crippen molar-refractivity contribution in [3.8, 4) is 5.75 Å². The van der Waals surface area contributed by atoms with Crippen LogP contribution < -0.4 is 9.64 Å². The topological polar surface area (TPSA) is 29.5 Å². The molecule has 138 valence electrons. The zero-order chi connectivity index (χ0) is 18.8. The largest absolute Gasteiger partial charge is 0.494 e. The van der Waals surface area contributed by atoms with Crippen molar-refractivity contribution in [1.82, 2.24) is 0 Å². The normalized spacial score (nSPS) is 16.4. The number of benzene rings is 3. The zero-order valence-electron chi connectivity index (χ0n) is 15.9. The van der Waals surface area contributed by atoms with E-state index in [-0.39, 0.29) is 11.8 Å². The van der Waals surface area contributed by atoms with Crippen LogP contribution in [-0.4, -0.2) is 19.1 Å². The van der Waals surface area contributed by atoms with Crippen molar-refractivity contribution in [3.63, 3.8) is 0 Å². The Morgan fingerprint density at radius 1 is 1.00 bits per heavy atom. The number of rotatable bonds is 5. The zero-order valence-corrected chi connectivity index (χ0v) is 15.9. The third kappa shape index (κ3) is 3.18. The maximum atomic E-state index is 12.9. The van der Waals surface area contributed by atoms with Crippen LogP contribution in [0.5, 0.6) is 5.75 Å². The number of nitrogens with zero attached hydrogens (tertiary/aromatic N) is 1. The van der Waals surface area contributed by atoms with Crippen molar-refractivity contribution < 1.29 is 9.53 Å². The summed E-state index contributed by atoms with van der Waals surface area (Å²) in [7, 11) is 0. The number of fused-ring (bicyclic) bond motifs is 3. The van der Waals surface area contributed by atoms with Gasteiger partial charge in [-0.1, -0.05) is 49.4 Å². The lowest BCUT2D eigenvalue weighted by atomic mass is 9.81. The summed E-state index contributed by atoms with van der Waals surface area (Å²) in [6, 6.07) is 20.9. The molecule has 3 heteroatoms. The summed E-state index contributed by atoms with van der Waals surface area (Å²) in [5.41, 5.74) is 3.50. The molecule has 1 atom stereocenters. The quantitative estimate of drug-likeness (QED) is 0.600. The molecule has 0 bridgehead atoms. The van der Waals surface area contributed by atoms with E-state index in [9.17, 15) is 4.79 Å². The molecule has 3 aromatic carbocycles. The molecule has 0 fully saturated rings. The first kappa shape index (κ1) is 17.6. The van der Waals surface area contributed by atoms with Crippen LogP contribution in [0.15, 0.2) is 60.7 Å². The van der Waals surface area contributed by atoms with Gasteiger partial charge in [0.1, 0.15) is 5.75 Å². The molecular weight excluding hydrogens is 334 g/mol. The first-order valence-corrected chi connectivity index (χ1v) is 9.77. The summed E-state index contributed by atoms with van der Waals surface area (Å²) in [5.74, 6) is 1.15. The maximum Gasteiger partial charge on any atom is 0.227 e. The molecule has 1 heterocycles. The van der Waals surface area contributed by atoms with E-state index >= 15 is 0 Å². The van der Waals surface area contributed by atoms with Gasteiger partial charge in [-0.15, -0.1) is 0 Å². The SMILES string of the molecule is CCCN1C(=O)CC(c2ccc(OCC)cc2)c2c1ccc1ccccc21. The molecule has 3 nitrogen and oxygen atoms in total. The molecule has 0 saturated carbocycles. The minimum absolute atomic E-state index is 0.0717. The van der Waals surface area contributed by atoms with E-state index in [4.69, 9.17) is 4.74 Å². The fourth-order valence-electron chi connectivity index (χ4n) is 4.12. The van der Waals surface area contributed by atoms with Gasteiger partial charge in [-0.3, -0.25) is 4.79 Å². The second-order valence-electron chi connectivity index (χ2n) is 7.02. The van der Waals surface area contributed by atoms with E-state index in [1.807, 2.05) is 24.0 Å². The van der Waals surface area contributed by atoms with Gasteiger partial charge in [0, 0.05) is 24.6 Å². The lowest BCUT2D eigenvalue weighted by Gasteiger charge is -2.35. The molecule has 1 aliphatic rings. The molecule has 1 aliphatic heterocycles. The van der Waals surface area contributed by atoms with Gasteiger partial charge < -0.3 is 9.64 Å². The highest BCUT2D eigenvalue weighted by Gasteiger charge is 2.33. The van der Waals surface area contributed by atoms with Crippen LogP contribution in [-0.2, 0) is 4.79 Å². The minimum atomic E-state index is 0.0717.